The Balaban J connectivity index is 2.05. The fraction of sp³-hybridized carbons (Fsp3) is 0.263. The lowest BCUT2D eigenvalue weighted by Crippen LogP contribution is -2.19. The normalized spacial score (nSPS) is 12.0. The minimum absolute atomic E-state index is 0.912. The maximum Gasteiger partial charge on any atom is 0.142 e. The molecular formula is C19H20N4. The molecule has 0 amide bonds. The van der Waals surface area contributed by atoms with Gasteiger partial charge in [-0.15, -0.1) is 0 Å². The number of hydrogen-bond acceptors (Lipinski definition) is 3. The van der Waals surface area contributed by atoms with E-state index in [1.807, 2.05) is 13.0 Å². The lowest BCUT2D eigenvalue weighted by Gasteiger charge is -2.16. The third kappa shape index (κ3) is 2.35. The fourth-order valence-electron chi connectivity index (χ4n) is 3.09. The summed E-state index contributed by atoms with van der Waals surface area (Å²) in [7, 11) is 4.19. The highest BCUT2D eigenvalue weighted by molar-refractivity contribution is 6.05. The van der Waals surface area contributed by atoms with E-state index < -0.39 is 0 Å². The maximum atomic E-state index is 4.85. The summed E-state index contributed by atoms with van der Waals surface area (Å²) in [5.41, 5.74) is 5.36. The number of aryl methyl sites for hydroxylation is 1. The first kappa shape index (κ1) is 14.2. The van der Waals surface area contributed by atoms with E-state index in [4.69, 9.17) is 9.97 Å². The van der Waals surface area contributed by atoms with Crippen LogP contribution in [0.25, 0.3) is 33.2 Å². The smallest absolute Gasteiger partial charge is 0.142 e. The summed E-state index contributed by atoms with van der Waals surface area (Å²) in [6, 6.07) is 12.6. The molecule has 1 aromatic carbocycles. The highest BCUT2D eigenvalue weighted by Gasteiger charge is 2.18. The second kappa shape index (κ2) is 5.32. The molecular weight excluding hydrogens is 284 g/mol. The maximum absolute atomic E-state index is 4.85. The molecule has 0 saturated carbocycles. The zero-order chi connectivity index (χ0) is 16.0. The molecule has 3 heterocycles. The van der Waals surface area contributed by atoms with E-state index in [2.05, 4.69) is 60.1 Å². The van der Waals surface area contributed by atoms with Gasteiger partial charge in [-0.05, 0) is 39.2 Å². The van der Waals surface area contributed by atoms with Crippen LogP contribution >= 0.6 is 0 Å². The van der Waals surface area contributed by atoms with Crippen molar-refractivity contribution in [2.45, 2.75) is 13.5 Å². The number of para-hydroxylation sites is 1. The molecule has 116 valence electrons. The number of pyridine rings is 2. The van der Waals surface area contributed by atoms with Gasteiger partial charge in [-0.1, -0.05) is 18.2 Å². The molecule has 0 spiro atoms. The van der Waals surface area contributed by atoms with Crippen LogP contribution in [0.2, 0.25) is 0 Å². The number of nitrogens with zero attached hydrogens (tertiary/aromatic N) is 4. The molecule has 0 aliphatic carbocycles. The van der Waals surface area contributed by atoms with Crippen molar-refractivity contribution >= 4 is 21.9 Å². The van der Waals surface area contributed by atoms with Crippen molar-refractivity contribution in [3.8, 4) is 11.3 Å². The van der Waals surface area contributed by atoms with Crippen molar-refractivity contribution in [3.63, 3.8) is 0 Å². The molecule has 0 atom stereocenters. The third-order valence-corrected chi connectivity index (χ3v) is 4.30. The molecule has 0 saturated heterocycles. The van der Waals surface area contributed by atoms with Crippen LogP contribution in [0.3, 0.4) is 0 Å². The van der Waals surface area contributed by atoms with Crippen LogP contribution in [0.4, 0.5) is 0 Å². The minimum atomic E-state index is 0.912. The Hall–Kier alpha value is -2.46. The second-order valence-electron chi connectivity index (χ2n) is 6.34. The van der Waals surface area contributed by atoms with Gasteiger partial charge in [0, 0.05) is 41.3 Å². The monoisotopic (exact) mass is 304 g/mol. The van der Waals surface area contributed by atoms with Crippen LogP contribution in [-0.4, -0.2) is 40.1 Å². The number of benzene rings is 1. The Bertz CT molecular complexity index is 968. The van der Waals surface area contributed by atoms with E-state index in [0.717, 1.165) is 41.0 Å². The average Bonchev–Trinajstić information content (AvgIpc) is 2.91. The van der Waals surface area contributed by atoms with Crippen LogP contribution < -0.4 is 0 Å². The van der Waals surface area contributed by atoms with Crippen molar-refractivity contribution in [2.24, 2.45) is 0 Å². The van der Waals surface area contributed by atoms with E-state index in [0.29, 0.717) is 0 Å². The summed E-state index contributed by atoms with van der Waals surface area (Å²) in [5.74, 6) is 0. The van der Waals surface area contributed by atoms with E-state index in [9.17, 15) is 0 Å². The Kier molecular flexibility index (Phi) is 3.27. The van der Waals surface area contributed by atoms with Gasteiger partial charge in [-0.2, -0.15) is 0 Å². The minimum Gasteiger partial charge on any atom is -0.330 e. The van der Waals surface area contributed by atoms with E-state index in [-0.39, 0.29) is 0 Å². The van der Waals surface area contributed by atoms with Crippen LogP contribution in [0, 0.1) is 6.92 Å². The summed E-state index contributed by atoms with van der Waals surface area (Å²) >= 11 is 0. The van der Waals surface area contributed by atoms with E-state index in [1.165, 1.54) is 10.9 Å². The largest absolute Gasteiger partial charge is 0.330 e. The molecule has 2 aliphatic heterocycles. The van der Waals surface area contributed by atoms with Crippen LogP contribution in [0.1, 0.15) is 5.69 Å². The molecule has 0 bridgehead atoms. The second-order valence-corrected chi connectivity index (χ2v) is 6.34. The highest BCUT2D eigenvalue weighted by Crippen LogP contribution is 2.35. The lowest BCUT2D eigenvalue weighted by atomic mass is 10.1. The molecule has 2 aromatic rings. The number of rotatable bonds is 3. The van der Waals surface area contributed by atoms with Crippen molar-refractivity contribution < 1.29 is 0 Å². The fourth-order valence-corrected chi connectivity index (χ4v) is 3.09. The summed E-state index contributed by atoms with van der Waals surface area (Å²) in [6.07, 6.45) is 2.21. The number of aromatic nitrogens is 3. The number of fused-ring (bicyclic) bond motifs is 5. The van der Waals surface area contributed by atoms with Crippen LogP contribution in [0.5, 0.6) is 0 Å². The summed E-state index contributed by atoms with van der Waals surface area (Å²) < 4.78 is 2.26. The first-order valence-corrected chi connectivity index (χ1v) is 7.93. The molecule has 4 nitrogen and oxygen atoms in total. The summed E-state index contributed by atoms with van der Waals surface area (Å²) in [6.45, 7) is 3.93. The van der Waals surface area contributed by atoms with Crippen molar-refractivity contribution in [1.29, 1.82) is 0 Å². The summed E-state index contributed by atoms with van der Waals surface area (Å²) in [4.78, 5) is 11.8. The average molecular weight is 304 g/mol. The topological polar surface area (TPSA) is 34.0 Å². The first-order valence-electron chi connectivity index (χ1n) is 7.93. The van der Waals surface area contributed by atoms with Gasteiger partial charge in [0.2, 0.25) is 0 Å². The van der Waals surface area contributed by atoms with Crippen molar-refractivity contribution in [2.75, 3.05) is 20.6 Å². The number of likely N-dealkylation sites (N-methyl/N-ethyl adjacent to an activating group) is 1. The molecule has 1 aromatic heterocycles. The van der Waals surface area contributed by atoms with Crippen molar-refractivity contribution in [1.82, 2.24) is 19.4 Å². The van der Waals surface area contributed by atoms with Gasteiger partial charge in [0.15, 0.2) is 0 Å². The van der Waals surface area contributed by atoms with E-state index in [1.54, 1.807) is 0 Å². The zero-order valence-corrected chi connectivity index (χ0v) is 13.7. The molecule has 2 aliphatic rings. The van der Waals surface area contributed by atoms with Gasteiger partial charge in [0.05, 0.1) is 11.2 Å². The Morgan fingerprint density at radius 3 is 2.65 bits per heavy atom. The highest BCUT2D eigenvalue weighted by atomic mass is 15.1. The van der Waals surface area contributed by atoms with Gasteiger partial charge in [0.1, 0.15) is 5.65 Å². The molecule has 0 N–H and O–H groups in total. The first-order chi connectivity index (χ1) is 11.1. The van der Waals surface area contributed by atoms with Gasteiger partial charge in [0.25, 0.3) is 0 Å². The van der Waals surface area contributed by atoms with Gasteiger partial charge in [-0.25, -0.2) is 9.97 Å². The van der Waals surface area contributed by atoms with Gasteiger partial charge < -0.3 is 9.47 Å². The van der Waals surface area contributed by atoms with Gasteiger partial charge in [-0.3, -0.25) is 0 Å². The Morgan fingerprint density at radius 2 is 1.83 bits per heavy atom. The van der Waals surface area contributed by atoms with Crippen LogP contribution in [-0.2, 0) is 6.54 Å². The molecule has 23 heavy (non-hydrogen) atoms. The summed E-state index contributed by atoms with van der Waals surface area (Å²) in [5, 5.41) is 2.34. The number of hydrogen-bond donors (Lipinski definition) is 0. The lowest BCUT2D eigenvalue weighted by molar-refractivity contribution is 0.386. The van der Waals surface area contributed by atoms with Crippen molar-refractivity contribution in [3.05, 3.63) is 48.3 Å². The molecule has 0 radical (unpaired) electrons. The predicted molar refractivity (Wildman–Crippen MR) is 94.9 cm³/mol. The van der Waals surface area contributed by atoms with Gasteiger partial charge >= 0.3 is 0 Å². The quantitative estimate of drug-likeness (QED) is 0.580. The Morgan fingerprint density at radius 1 is 1.00 bits per heavy atom. The third-order valence-electron chi connectivity index (χ3n) is 4.30. The molecule has 0 unspecified atom stereocenters. The van der Waals surface area contributed by atoms with E-state index >= 15 is 0 Å². The standard InChI is InChI=1S/C19H20N4/c1-13-8-9-15-18-16(14-6-4-5-7-17(14)21-18)12-23(19(15)20-13)11-10-22(2)3/h4-9,12H,10-11H2,1-3H3. The predicted octanol–water partition coefficient (Wildman–Crippen LogP) is 3.56. The molecule has 0 fully saturated rings. The molecule has 4 rings (SSSR count). The Labute approximate surface area is 135 Å². The van der Waals surface area contributed by atoms with Crippen LogP contribution in [0.15, 0.2) is 42.6 Å². The SMILES string of the molecule is Cc1ccc2c3nc4ccccc4c-3cn(CCN(C)C)c2n1. The zero-order valence-electron chi connectivity index (χ0n) is 13.7. The molecule has 4 heteroatoms.